The quantitative estimate of drug-likeness (QED) is 0.00966. The van der Waals surface area contributed by atoms with Crippen molar-refractivity contribution in [1.29, 1.82) is 0 Å². The Labute approximate surface area is 816 Å². The summed E-state index contributed by atoms with van der Waals surface area (Å²) in [6.45, 7) is 15.9. The molecule has 6 heterocycles. The Bertz CT molecular complexity index is 6210. The molecule has 6 aliphatic rings. The number of carbonyl (C=O) groups is 9. The number of likely N-dealkylation sites (tertiary alicyclic amines) is 3. The molecule has 0 aromatic heterocycles. The molecule has 25 nitrogen and oxygen atoms in total. The Morgan fingerprint density at radius 3 is 1.01 bits per heavy atom. The Morgan fingerprint density at radius 1 is 0.369 bits per heavy atom. The minimum atomic E-state index is -1.37. The van der Waals surface area contributed by atoms with Gasteiger partial charge in [0.2, 0.25) is 0 Å². The number of ether oxygens (including phenoxy) is 4. The zero-order valence-electron chi connectivity index (χ0n) is 79.9. The summed E-state index contributed by atoms with van der Waals surface area (Å²) < 4.78 is 146. The van der Waals surface area contributed by atoms with Crippen molar-refractivity contribution in [2.75, 3.05) is 113 Å². The highest BCUT2D eigenvalue weighted by atomic mass is 32.2. The lowest BCUT2D eigenvalue weighted by Gasteiger charge is -2.43. The molecule has 0 spiro atoms. The molecule has 12 amide bonds. The van der Waals surface area contributed by atoms with Crippen LogP contribution >= 0.6 is 11.8 Å². The molecule has 3 saturated heterocycles. The number of hydrogen-bond acceptors (Lipinski definition) is 17. The van der Waals surface area contributed by atoms with E-state index >= 15 is 0 Å². The summed E-state index contributed by atoms with van der Waals surface area (Å²) in [5.74, 6) is -9.85. The number of hydrogen-bond donors (Lipinski definition) is 6. The van der Waals surface area contributed by atoms with Gasteiger partial charge < -0.3 is 65.5 Å². The summed E-state index contributed by atoms with van der Waals surface area (Å²) in [4.78, 5) is 128. The van der Waals surface area contributed by atoms with Gasteiger partial charge in [0, 0.05) is 63.4 Å². The number of imide groups is 3. The number of nitrogens with one attached hydrogen (secondary N) is 6. The summed E-state index contributed by atoms with van der Waals surface area (Å²) >= 11 is 1.68. The maximum atomic E-state index is 14.5. The number of rotatable bonds is 26. The van der Waals surface area contributed by atoms with Crippen LogP contribution in [0.4, 0.5) is 68.3 Å². The molecular formula is C106H113F9N12O13S. The van der Waals surface area contributed by atoms with Crippen LogP contribution in [0, 0.1) is 66.2 Å². The Morgan fingerprint density at radius 2 is 0.681 bits per heavy atom. The van der Waals surface area contributed by atoms with Crippen molar-refractivity contribution >= 4 is 65.9 Å². The second kappa shape index (κ2) is 46.5. The van der Waals surface area contributed by atoms with Gasteiger partial charge in [0.05, 0.1) is 45.2 Å². The molecule has 0 bridgehead atoms. The van der Waals surface area contributed by atoms with Crippen LogP contribution in [0.1, 0.15) is 158 Å². The summed E-state index contributed by atoms with van der Waals surface area (Å²) in [5, 5.41) is 15.7. The molecule has 6 aliphatic heterocycles. The van der Waals surface area contributed by atoms with E-state index in [2.05, 4.69) is 133 Å². The van der Waals surface area contributed by atoms with Gasteiger partial charge in [-0.05, 0) is 299 Å². The van der Waals surface area contributed by atoms with Crippen molar-refractivity contribution in [1.82, 2.24) is 61.3 Å². The van der Waals surface area contributed by atoms with Crippen LogP contribution in [-0.2, 0) is 44.8 Å². The Hall–Kier alpha value is -13.8. The first-order chi connectivity index (χ1) is 67.6. The van der Waals surface area contributed by atoms with E-state index in [-0.39, 0.29) is 92.6 Å². The lowest BCUT2D eigenvalue weighted by molar-refractivity contribution is -0.137. The van der Waals surface area contributed by atoms with Gasteiger partial charge in [-0.1, -0.05) is 109 Å². The van der Waals surface area contributed by atoms with E-state index < -0.39 is 118 Å². The molecule has 3 atom stereocenters. The number of nitrogens with zero attached hydrogens (tertiary/aromatic N) is 6. The number of thioether (sulfide) groups is 1. The fourth-order valence-corrected chi connectivity index (χ4v) is 20.3. The van der Waals surface area contributed by atoms with Crippen LogP contribution in [-0.4, -0.2) is 197 Å². The van der Waals surface area contributed by atoms with E-state index in [0.29, 0.717) is 69.6 Å². The fraction of sp³-hybridized carbons (Fsp3) is 0.349. The zero-order chi connectivity index (χ0) is 101. The second-order valence-corrected chi connectivity index (χ2v) is 36.4. The Kier molecular flexibility index (Phi) is 34.5. The highest BCUT2D eigenvalue weighted by Crippen LogP contribution is 2.49. The number of aryl methyl sites for hydroxylation is 2. The van der Waals surface area contributed by atoms with Crippen LogP contribution in [0.5, 0.6) is 5.75 Å². The minimum Gasteiger partial charge on any atom is -0.496 e. The van der Waals surface area contributed by atoms with E-state index in [1.54, 1.807) is 30.0 Å². The number of methoxy groups -OCH3 is 4. The monoisotopic (exact) mass is 1960 g/mol. The first kappa shape index (κ1) is 105. The van der Waals surface area contributed by atoms with Crippen LogP contribution in [0.2, 0.25) is 0 Å². The van der Waals surface area contributed by atoms with Gasteiger partial charge in [-0.25, -0.2) is 97.4 Å². The molecule has 6 N–H and O–H groups in total. The largest absolute Gasteiger partial charge is 0.496 e. The molecule has 35 heteroatoms. The van der Waals surface area contributed by atoms with Crippen molar-refractivity contribution in [3.8, 4) is 5.75 Å². The van der Waals surface area contributed by atoms with Crippen molar-refractivity contribution in [3.05, 3.63) is 341 Å². The van der Waals surface area contributed by atoms with Gasteiger partial charge >= 0.3 is 54.1 Å². The van der Waals surface area contributed by atoms with E-state index in [1.807, 2.05) is 18.4 Å². The number of halogens is 9. The van der Waals surface area contributed by atoms with Gasteiger partial charge in [-0.2, -0.15) is 0 Å². The van der Waals surface area contributed by atoms with Crippen molar-refractivity contribution in [3.63, 3.8) is 0 Å². The molecule has 15 rings (SSSR count). The standard InChI is InChI=1S/C36H40F2N4O4.C35H36F4N4O5.C35H37F3N4O4S/c1-23-10-13-27(14-11-23)36(28-9-6-5-8-24(28)2)16-20-41(21-17-36)19-7-18-39-34(44)42-32(26-12-15-29(37)30(38)22-26)31(33(43)46-4)25(3)40-35(42)45;1-21-30(32(44)48-3)31(22-5-11-27(38)28(39)19-22)43(34(46)41-21)33(45)40-15-4-16-42-17-13-35(14-18-42,23-6-8-24(36)9-7-23)26-20-25(37)10-12-29(26)47-2;1-22-30(32(43)46-2)31(23-5-14-28(37)29(38)21-23)42(34(45)40-22)33(44)39-17-4-18-41-19-15-35(16-20-41,24-6-10-26(36)11-7-24)25-8-12-27(47-3)13-9-25/h5-6,8-15,22,32H,7,16-21H2,1-4H3,(H,39,44)(H,40,45);5-12,19-20,31H,4,13-18H2,1-3H3,(H,40,45)(H,41,46);5-14,21,31H,4,15-20H2,1-3H3,(H,39,44)(H,40,45). The SMILES string of the molecule is COC(=O)C1=C(C)NC(=O)N(C(=O)NCCCN2CCC(c3ccc(C)cc3)(c3ccccc3C)CC2)C1c1ccc(F)c(F)c1.COC(=O)C1=C(C)NC(=O)N(C(=O)NCCCN2CCC(c3ccc(F)cc3)(c3cc(F)ccc3OC)CC2)C1c1ccc(F)c(F)c1.COC(=O)C1=C(C)NC(=O)N(C(=O)NCCCN2CCC(c3ccc(F)cc3)(c3ccc(SC)cc3)CC2)C1c1ccc(F)c(F)c1. The summed E-state index contributed by atoms with van der Waals surface area (Å²) in [5.41, 5.74) is 8.34. The first-order valence-electron chi connectivity index (χ1n) is 46.3. The highest BCUT2D eigenvalue weighted by Gasteiger charge is 2.48. The van der Waals surface area contributed by atoms with E-state index in [1.165, 1.54) is 115 Å². The first-order valence-corrected chi connectivity index (χ1v) is 47.5. The topological polar surface area (TPSA) is 282 Å². The van der Waals surface area contributed by atoms with Crippen LogP contribution in [0.3, 0.4) is 0 Å². The number of carbonyl (C=O) groups excluding carboxylic acids is 9. The number of piperidine rings is 3. The lowest BCUT2D eigenvalue weighted by atomic mass is 9.67. The molecule has 141 heavy (non-hydrogen) atoms. The molecule has 0 radical (unpaired) electrons. The third-order valence-corrected chi connectivity index (χ3v) is 28.0. The molecule has 0 saturated carbocycles. The number of esters is 3. The molecule has 9 aromatic rings. The summed E-state index contributed by atoms with van der Waals surface area (Å²) in [6.07, 6.45) is 8.48. The summed E-state index contributed by atoms with van der Waals surface area (Å²) in [7, 11) is 4.97. The van der Waals surface area contributed by atoms with Crippen molar-refractivity contribution < 1.29 is 102 Å². The average Bonchev–Trinajstić information content (AvgIpc) is 0.758. The van der Waals surface area contributed by atoms with Gasteiger partial charge in [-0.3, -0.25) is 0 Å². The van der Waals surface area contributed by atoms with E-state index in [9.17, 15) is 82.7 Å². The normalized spacial score (nSPS) is 18.1. The van der Waals surface area contributed by atoms with Crippen molar-refractivity contribution in [2.45, 2.75) is 132 Å². The fourth-order valence-electron chi connectivity index (χ4n) is 19.8. The van der Waals surface area contributed by atoms with E-state index in [4.69, 9.17) is 18.9 Å². The highest BCUT2D eigenvalue weighted by molar-refractivity contribution is 7.98. The maximum Gasteiger partial charge on any atom is 0.337 e. The van der Waals surface area contributed by atoms with Gasteiger partial charge in [0.25, 0.3) is 0 Å². The molecule has 744 valence electrons. The Balaban J connectivity index is 0.000000178. The minimum absolute atomic E-state index is 0.00605. The molecule has 3 fully saturated rings. The predicted octanol–water partition coefficient (Wildman–Crippen LogP) is 18.7. The number of urea groups is 6. The number of benzene rings is 9. The van der Waals surface area contributed by atoms with Crippen LogP contribution in [0.15, 0.2) is 233 Å². The predicted molar refractivity (Wildman–Crippen MR) is 512 cm³/mol. The molecule has 9 aromatic carbocycles. The smallest absolute Gasteiger partial charge is 0.337 e. The van der Waals surface area contributed by atoms with Crippen LogP contribution < -0.4 is 36.6 Å². The molecule has 3 unspecified atom stereocenters. The second-order valence-electron chi connectivity index (χ2n) is 35.5. The lowest BCUT2D eigenvalue weighted by Crippen LogP contribution is -2.54. The number of allylic oxidation sites excluding steroid dienone is 3. The van der Waals surface area contributed by atoms with Crippen molar-refractivity contribution in [2.24, 2.45) is 0 Å². The third-order valence-electron chi connectivity index (χ3n) is 27.3. The van der Waals surface area contributed by atoms with E-state index in [0.717, 1.165) is 142 Å². The van der Waals surface area contributed by atoms with Gasteiger partial charge in [0.15, 0.2) is 34.9 Å². The third kappa shape index (κ3) is 23.4. The molecule has 0 aliphatic carbocycles. The van der Waals surface area contributed by atoms with Gasteiger partial charge in [0.1, 0.15) is 41.3 Å². The van der Waals surface area contributed by atoms with Crippen LogP contribution in [0.25, 0.3) is 0 Å². The maximum absolute atomic E-state index is 14.5. The molecular weight excluding hydrogens is 1850 g/mol. The summed E-state index contributed by atoms with van der Waals surface area (Å²) in [6, 6.07) is 43.3. The van der Waals surface area contributed by atoms with Gasteiger partial charge in [-0.15, -0.1) is 11.8 Å². The zero-order valence-corrected chi connectivity index (χ0v) is 80.7. The average molecular weight is 1970 g/mol. The number of amides is 12.